The maximum Gasteiger partial charge on any atom is 0.185 e. The first-order valence-corrected chi connectivity index (χ1v) is 7.29. The molecule has 0 bridgehead atoms. The number of nitrogen functional groups attached to an aromatic ring is 2. The maximum atomic E-state index is 12.5. The number of hydrogen-bond acceptors (Lipinski definition) is 3. The van der Waals surface area contributed by atoms with Crippen molar-refractivity contribution in [2.45, 2.75) is 12.8 Å². The third-order valence-corrected chi connectivity index (χ3v) is 3.80. The molecule has 0 saturated heterocycles. The molecule has 4 N–H and O–H groups in total. The monoisotopic (exact) mass is 290 g/mol. The number of carbonyl (C=O) groups excluding carboxylic acids is 1. The molecule has 1 fully saturated rings. The molecule has 1 saturated carbocycles. The summed E-state index contributed by atoms with van der Waals surface area (Å²) in [5.74, 6) is 0.133. The molecule has 1 aliphatic rings. The highest BCUT2D eigenvalue weighted by molar-refractivity contribution is 6.15. The van der Waals surface area contributed by atoms with E-state index in [0.717, 1.165) is 46.5 Å². The lowest BCUT2D eigenvalue weighted by Crippen LogP contribution is -1.95. The van der Waals surface area contributed by atoms with Crippen LogP contribution in [0.5, 0.6) is 0 Å². The predicted octanol–water partition coefficient (Wildman–Crippen LogP) is 3.68. The fraction of sp³-hybridized carbons (Fsp3) is 0.105. The molecule has 3 heteroatoms. The minimum absolute atomic E-state index is 0.133. The lowest BCUT2D eigenvalue weighted by molar-refractivity contribution is -0.111. The second kappa shape index (κ2) is 5.90. The first-order valence-electron chi connectivity index (χ1n) is 7.29. The van der Waals surface area contributed by atoms with Crippen molar-refractivity contribution in [3.63, 3.8) is 0 Å². The van der Waals surface area contributed by atoms with Crippen LogP contribution < -0.4 is 11.5 Å². The number of allylic oxidation sites excluding steroid dienone is 2. The van der Waals surface area contributed by atoms with Gasteiger partial charge in [-0.25, -0.2) is 0 Å². The van der Waals surface area contributed by atoms with Crippen LogP contribution in [-0.2, 0) is 4.79 Å². The summed E-state index contributed by atoms with van der Waals surface area (Å²) in [6.07, 6.45) is 5.46. The topological polar surface area (TPSA) is 69.1 Å². The molecule has 0 spiro atoms. The van der Waals surface area contributed by atoms with Crippen LogP contribution in [0.2, 0.25) is 0 Å². The number of hydrogen-bond donors (Lipinski definition) is 2. The molecule has 0 radical (unpaired) electrons. The Kier molecular flexibility index (Phi) is 3.79. The zero-order chi connectivity index (χ0) is 15.5. The van der Waals surface area contributed by atoms with Crippen molar-refractivity contribution >= 4 is 29.3 Å². The number of anilines is 2. The largest absolute Gasteiger partial charge is 0.399 e. The highest BCUT2D eigenvalue weighted by Gasteiger charge is 2.22. The summed E-state index contributed by atoms with van der Waals surface area (Å²) in [6.45, 7) is 0. The van der Waals surface area contributed by atoms with E-state index in [1.807, 2.05) is 60.7 Å². The van der Waals surface area contributed by atoms with E-state index in [1.54, 1.807) is 0 Å². The maximum absolute atomic E-state index is 12.5. The molecule has 0 atom stereocenters. The summed E-state index contributed by atoms with van der Waals surface area (Å²) < 4.78 is 0. The highest BCUT2D eigenvalue weighted by Crippen LogP contribution is 2.29. The molecular weight excluding hydrogens is 272 g/mol. The van der Waals surface area contributed by atoms with Gasteiger partial charge in [0.15, 0.2) is 5.78 Å². The van der Waals surface area contributed by atoms with E-state index in [0.29, 0.717) is 0 Å². The van der Waals surface area contributed by atoms with E-state index in [4.69, 9.17) is 11.5 Å². The second-order valence-corrected chi connectivity index (χ2v) is 5.50. The molecule has 0 aliphatic heterocycles. The zero-order valence-corrected chi connectivity index (χ0v) is 12.3. The van der Waals surface area contributed by atoms with Gasteiger partial charge in [-0.1, -0.05) is 24.3 Å². The summed E-state index contributed by atoms with van der Waals surface area (Å²) in [5.41, 5.74) is 16.5. The Morgan fingerprint density at radius 2 is 1.05 bits per heavy atom. The van der Waals surface area contributed by atoms with E-state index >= 15 is 0 Å². The van der Waals surface area contributed by atoms with Gasteiger partial charge < -0.3 is 11.5 Å². The van der Waals surface area contributed by atoms with Gasteiger partial charge in [0.1, 0.15) is 0 Å². The van der Waals surface area contributed by atoms with Crippen molar-refractivity contribution in [2.75, 3.05) is 11.5 Å². The predicted molar refractivity (Wildman–Crippen MR) is 91.9 cm³/mol. The van der Waals surface area contributed by atoms with E-state index in [-0.39, 0.29) is 5.78 Å². The van der Waals surface area contributed by atoms with E-state index in [9.17, 15) is 4.79 Å². The summed E-state index contributed by atoms with van der Waals surface area (Å²) in [4.78, 5) is 12.5. The summed E-state index contributed by atoms with van der Waals surface area (Å²) in [6, 6.07) is 15.1. The number of carbonyl (C=O) groups is 1. The van der Waals surface area contributed by atoms with Gasteiger partial charge >= 0.3 is 0 Å². The van der Waals surface area contributed by atoms with Crippen LogP contribution in [0, 0.1) is 0 Å². The van der Waals surface area contributed by atoms with Gasteiger partial charge in [0, 0.05) is 22.5 Å². The summed E-state index contributed by atoms with van der Waals surface area (Å²) >= 11 is 0. The van der Waals surface area contributed by atoms with Gasteiger partial charge in [-0.3, -0.25) is 4.79 Å². The molecule has 2 aromatic rings. The van der Waals surface area contributed by atoms with Gasteiger partial charge in [0.25, 0.3) is 0 Å². The van der Waals surface area contributed by atoms with Crippen LogP contribution in [0.3, 0.4) is 0 Å². The van der Waals surface area contributed by atoms with Crippen molar-refractivity contribution in [1.82, 2.24) is 0 Å². The fourth-order valence-corrected chi connectivity index (χ4v) is 2.56. The molecule has 2 aromatic carbocycles. The van der Waals surface area contributed by atoms with Crippen molar-refractivity contribution in [2.24, 2.45) is 0 Å². The second-order valence-electron chi connectivity index (χ2n) is 5.50. The fourth-order valence-electron chi connectivity index (χ4n) is 2.56. The minimum Gasteiger partial charge on any atom is -0.399 e. The molecule has 3 nitrogen and oxygen atoms in total. The molecule has 0 amide bonds. The number of rotatable bonds is 2. The number of ketones is 1. The minimum atomic E-state index is 0.133. The van der Waals surface area contributed by atoms with Crippen molar-refractivity contribution in [1.29, 1.82) is 0 Å². The van der Waals surface area contributed by atoms with Crippen molar-refractivity contribution in [3.05, 3.63) is 70.8 Å². The quantitative estimate of drug-likeness (QED) is 0.654. The summed E-state index contributed by atoms with van der Waals surface area (Å²) in [5, 5.41) is 0. The highest BCUT2D eigenvalue weighted by atomic mass is 16.1. The first-order chi connectivity index (χ1) is 10.6. The standard InChI is InChI=1S/C19H18N2O/c20-17-7-1-13(2-8-17)11-15-5-6-16(19(15)22)12-14-3-9-18(21)10-4-14/h1-4,7-12H,5-6,20-21H2. The van der Waals surface area contributed by atoms with Crippen LogP contribution in [0.15, 0.2) is 59.7 Å². The van der Waals surface area contributed by atoms with Gasteiger partial charge in [-0.05, 0) is 60.4 Å². The molecule has 110 valence electrons. The molecule has 1 aliphatic carbocycles. The average molecular weight is 290 g/mol. The third-order valence-electron chi connectivity index (χ3n) is 3.80. The smallest absolute Gasteiger partial charge is 0.185 e. The third kappa shape index (κ3) is 3.09. The molecule has 22 heavy (non-hydrogen) atoms. The summed E-state index contributed by atoms with van der Waals surface area (Å²) in [7, 11) is 0. The Morgan fingerprint density at radius 1 is 0.682 bits per heavy atom. The normalized spacial score (nSPS) is 18.3. The zero-order valence-electron chi connectivity index (χ0n) is 12.3. The molecule has 0 heterocycles. The number of Topliss-reactive ketones (excluding diaryl/α,β-unsaturated/α-hetero) is 1. The Labute approximate surface area is 129 Å². The van der Waals surface area contributed by atoms with Gasteiger partial charge in [-0.15, -0.1) is 0 Å². The molecular formula is C19H18N2O. The van der Waals surface area contributed by atoms with E-state index in [1.165, 1.54) is 0 Å². The Hall–Kier alpha value is -2.81. The van der Waals surface area contributed by atoms with Crippen LogP contribution >= 0.6 is 0 Å². The van der Waals surface area contributed by atoms with Crippen molar-refractivity contribution in [3.8, 4) is 0 Å². The number of nitrogens with two attached hydrogens (primary N) is 2. The average Bonchev–Trinajstić information content (AvgIpc) is 2.85. The number of benzene rings is 2. The van der Waals surface area contributed by atoms with Crippen molar-refractivity contribution < 1.29 is 4.79 Å². The first kappa shape index (κ1) is 14.1. The Bertz CT molecular complexity index is 688. The SMILES string of the molecule is Nc1ccc(C=C2CCC(=Cc3ccc(N)cc3)C2=O)cc1. The van der Waals surface area contributed by atoms with Crippen LogP contribution in [0.4, 0.5) is 11.4 Å². The van der Waals surface area contributed by atoms with E-state index < -0.39 is 0 Å². The van der Waals surface area contributed by atoms with Crippen LogP contribution in [0.25, 0.3) is 12.2 Å². The van der Waals surface area contributed by atoms with E-state index in [2.05, 4.69) is 0 Å². The Balaban J connectivity index is 1.82. The lowest BCUT2D eigenvalue weighted by Gasteiger charge is -1.99. The van der Waals surface area contributed by atoms with Gasteiger partial charge in [-0.2, -0.15) is 0 Å². The van der Waals surface area contributed by atoms with Gasteiger partial charge in [0.05, 0.1) is 0 Å². The Morgan fingerprint density at radius 3 is 1.41 bits per heavy atom. The lowest BCUT2D eigenvalue weighted by atomic mass is 10.1. The van der Waals surface area contributed by atoms with Crippen LogP contribution in [0.1, 0.15) is 24.0 Å². The molecule has 3 rings (SSSR count). The van der Waals surface area contributed by atoms with Gasteiger partial charge in [0.2, 0.25) is 0 Å². The van der Waals surface area contributed by atoms with Crippen LogP contribution in [-0.4, -0.2) is 5.78 Å². The molecule has 0 unspecified atom stereocenters. The molecule has 0 aromatic heterocycles.